The molecule has 6 heteroatoms. The van der Waals surface area contributed by atoms with Gasteiger partial charge in [0.25, 0.3) is 0 Å². The highest BCUT2D eigenvalue weighted by atomic mass is 35.5. The van der Waals surface area contributed by atoms with E-state index in [1.54, 1.807) is 13.1 Å². The van der Waals surface area contributed by atoms with Crippen LogP contribution < -0.4 is 5.73 Å². The largest absolute Gasteiger partial charge is 0.399 e. The summed E-state index contributed by atoms with van der Waals surface area (Å²) in [7, 11) is 0. The van der Waals surface area contributed by atoms with Crippen LogP contribution in [-0.4, -0.2) is 19.8 Å². The Hall–Kier alpha value is -2.34. The molecule has 0 radical (unpaired) electrons. The van der Waals surface area contributed by atoms with Gasteiger partial charge in [0.1, 0.15) is 5.15 Å². The molecule has 0 aliphatic heterocycles. The van der Waals surface area contributed by atoms with E-state index in [-0.39, 0.29) is 6.61 Å². The van der Waals surface area contributed by atoms with E-state index in [0.29, 0.717) is 22.9 Å². The molecule has 3 rings (SSSR count). The molecule has 0 bridgehead atoms. The number of nitrogens with zero attached hydrogens (tertiary/aromatic N) is 2. The lowest BCUT2D eigenvalue weighted by atomic mass is 10.0. The van der Waals surface area contributed by atoms with Crippen LogP contribution in [-0.2, 0) is 13.2 Å². The molecule has 0 fully saturated rings. The number of nitrogens with two attached hydrogens (primary N) is 1. The Morgan fingerprint density at radius 3 is 2.54 bits per heavy atom. The van der Waals surface area contributed by atoms with Gasteiger partial charge in [0.2, 0.25) is 0 Å². The van der Waals surface area contributed by atoms with Crippen LogP contribution in [0.15, 0.2) is 42.6 Å². The summed E-state index contributed by atoms with van der Waals surface area (Å²) < 4.78 is 2.06. The van der Waals surface area contributed by atoms with Crippen LogP contribution in [0.2, 0.25) is 5.15 Å². The number of benzene rings is 1. The van der Waals surface area contributed by atoms with Gasteiger partial charge in [0.05, 0.1) is 18.4 Å². The zero-order valence-electron chi connectivity index (χ0n) is 14.8. The van der Waals surface area contributed by atoms with E-state index in [2.05, 4.69) is 15.6 Å². The first-order valence-electron chi connectivity index (χ1n) is 8.39. The molecule has 136 valence electrons. The normalized spacial score (nSPS) is 12.3. The third kappa shape index (κ3) is 3.60. The average Bonchev–Trinajstić information content (AvgIpc) is 2.94. The van der Waals surface area contributed by atoms with Gasteiger partial charge >= 0.3 is 0 Å². The number of anilines is 1. The zero-order valence-corrected chi connectivity index (χ0v) is 15.5. The number of hydrogen-bond acceptors (Lipinski definition) is 4. The van der Waals surface area contributed by atoms with Crippen molar-refractivity contribution in [1.29, 1.82) is 0 Å². The van der Waals surface area contributed by atoms with Gasteiger partial charge in [-0.3, -0.25) is 0 Å². The minimum atomic E-state index is -0.645. The van der Waals surface area contributed by atoms with E-state index in [1.165, 1.54) is 0 Å². The predicted octanol–water partition coefficient (Wildman–Crippen LogP) is 3.69. The fourth-order valence-electron chi connectivity index (χ4n) is 3.17. The van der Waals surface area contributed by atoms with E-state index < -0.39 is 6.10 Å². The summed E-state index contributed by atoms with van der Waals surface area (Å²) in [6, 6.07) is 11.5. The zero-order chi connectivity index (χ0) is 18.8. The highest BCUT2D eigenvalue weighted by molar-refractivity contribution is 6.30. The molecular weight excluding hydrogens is 350 g/mol. The van der Waals surface area contributed by atoms with E-state index in [0.717, 1.165) is 28.1 Å². The van der Waals surface area contributed by atoms with Crippen molar-refractivity contribution in [2.24, 2.45) is 0 Å². The summed E-state index contributed by atoms with van der Waals surface area (Å²) in [5, 5.41) is 20.1. The van der Waals surface area contributed by atoms with E-state index in [1.807, 2.05) is 37.3 Å². The third-order valence-corrected chi connectivity index (χ3v) is 4.78. The maximum Gasteiger partial charge on any atom is 0.134 e. The Bertz CT molecular complexity index is 918. The van der Waals surface area contributed by atoms with Gasteiger partial charge in [-0.15, -0.1) is 0 Å². The molecule has 0 spiro atoms. The first-order chi connectivity index (χ1) is 12.4. The predicted molar refractivity (Wildman–Crippen MR) is 104 cm³/mol. The molecule has 1 atom stereocenters. The number of nitrogen functional groups attached to an aromatic ring is 1. The lowest BCUT2D eigenvalue weighted by Gasteiger charge is -2.16. The van der Waals surface area contributed by atoms with E-state index in [9.17, 15) is 10.2 Å². The number of rotatable bonds is 5. The number of aromatic nitrogens is 2. The minimum Gasteiger partial charge on any atom is -0.399 e. The van der Waals surface area contributed by atoms with Gasteiger partial charge in [-0.2, -0.15) is 0 Å². The molecule has 26 heavy (non-hydrogen) atoms. The van der Waals surface area contributed by atoms with Crippen LogP contribution in [0.25, 0.3) is 11.1 Å². The molecule has 5 nitrogen and oxygen atoms in total. The number of hydrogen-bond donors (Lipinski definition) is 3. The third-order valence-electron chi connectivity index (χ3n) is 4.44. The van der Waals surface area contributed by atoms with Crippen LogP contribution in [0, 0.1) is 6.92 Å². The summed E-state index contributed by atoms with van der Waals surface area (Å²) in [5.74, 6) is 0. The summed E-state index contributed by atoms with van der Waals surface area (Å²) in [5.41, 5.74) is 11.8. The Labute approximate surface area is 157 Å². The summed E-state index contributed by atoms with van der Waals surface area (Å²) in [4.78, 5) is 4.14. The fourth-order valence-corrected chi connectivity index (χ4v) is 3.34. The van der Waals surface area contributed by atoms with Gasteiger partial charge in [0, 0.05) is 35.2 Å². The first kappa shape index (κ1) is 18.5. The molecule has 2 heterocycles. The van der Waals surface area contributed by atoms with Crippen molar-refractivity contribution in [3.05, 3.63) is 70.3 Å². The second-order valence-electron chi connectivity index (χ2n) is 6.42. The molecule has 1 aromatic carbocycles. The van der Waals surface area contributed by atoms with Crippen molar-refractivity contribution < 1.29 is 10.2 Å². The molecule has 0 amide bonds. The minimum absolute atomic E-state index is 0.162. The smallest absolute Gasteiger partial charge is 0.134 e. The molecule has 0 aliphatic carbocycles. The van der Waals surface area contributed by atoms with Gasteiger partial charge in [-0.1, -0.05) is 23.7 Å². The van der Waals surface area contributed by atoms with Gasteiger partial charge < -0.3 is 20.5 Å². The van der Waals surface area contributed by atoms with Gasteiger partial charge in [-0.05, 0) is 49.2 Å². The van der Waals surface area contributed by atoms with Gasteiger partial charge in [0.15, 0.2) is 0 Å². The van der Waals surface area contributed by atoms with Crippen molar-refractivity contribution in [1.82, 2.24) is 9.55 Å². The van der Waals surface area contributed by atoms with Crippen LogP contribution >= 0.6 is 11.6 Å². The monoisotopic (exact) mass is 371 g/mol. The van der Waals surface area contributed by atoms with Crippen molar-refractivity contribution >= 4 is 17.3 Å². The van der Waals surface area contributed by atoms with Crippen molar-refractivity contribution in [3.63, 3.8) is 0 Å². The lowest BCUT2D eigenvalue weighted by molar-refractivity contribution is 0.190. The standard InChI is InChI=1S/C20H22ClN3O2/c1-12-7-18(15-3-5-17(22)6-4-15)19(13(2)26)24(12)10-14-8-16(11-25)20(21)23-9-14/h3-9,13,25-26H,10-11,22H2,1-2H3. The van der Waals surface area contributed by atoms with Crippen molar-refractivity contribution in [2.45, 2.75) is 33.1 Å². The number of aryl methyl sites for hydroxylation is 1. The average molecular weight is 372 g/mol. The van der Waals surface area contributed by atoms with Gasteiger partial charge in [-0.25, -0.2) is 4.98 Å². The summed E-state index contributed by atoms with van der Waals surface area (Å²) in [6.45, 7) is 4.12. The second kappa shape index (κ2) is 7.50. The summed E-state index contributed by atoms with van der Waals surface area (Å²) in [6.07, 6.45) is 1.05. The number of aliphatic hydroxyl groups is 2. The summed E-state index contributed by atoms with van der Waals surface area (Å²) >= 11 is 5.98. The fraction of sp³-hybridized carbons (Fsp3) is 0.250. The van der Waals surface area contributed by atoms with Crippen LogP contribution in [0.1, 0.15) is 35.5 Å². The molecular formula is C20H22ClN3O2. The van der Waals surface area contributed by atoms with Crippen molar-refractivity contribution in [3.8, 4) is 11.1 Å². The Morgan fingerprint density at radius 2 is 1.92 bits per heavy atom. The molecule has 0 aliphatic rings. The Morgan fingerprint density at radius 1 is 1.23 bits per heavy atom. The SMILES string of the molecule is Cc1cc(-c2ccc(N)cc2)c(C(C)O)n1Cc1cnc(Cl)c(CO)c1. The molecule has 2 aromatic heterocycles. The quantitative estimate of drug-likeness (QED) is 0.471. The molecule has 3 aromatic rings. The lowest BCUT2D eigenvalue weighted by Crippen LogP contribution is -2.10. The molecule has 4 N–H and O–H groups in total. The maximum absolute atomic E-state index is 10.4. The molecule has 0 saturated heterocycles. The van der Waals surface area contributed by atoms with E-state index in [4.69, 9.17) is 17.3 Å². The highest BCUT2D eigenvalue weighted by Crippen LogP contribution is 2.33. The number of aliphatic hydroxyl groups excluding tert-OH is 2. The Kier molecular flexibility index (Phi) is 5.32. The first-order valence-corrected chi connectivity index (χ1v) is 8.76. The molecule has 1 unspecified atom stereocenters. The Balaban J connectivity index is 2.06. The van der Waals surface area contributed by atoms with Crippen LogP contribution in [0.4, 0.5) is 5.69 Å². The van der Waals surface area contributed by atoms with Crippen LogP contribution in [0.3, 0.4) is 0 Å². The van der Waals surface area contributed by atoms with Crippen LogP contribution in [0.5, 0.6) is 0 Å². The second-order valence-corrected chi connectivity index (χ2v) is 6.78. The molecule has 0 saturated carbocycles. The van der Waals surface area contributed by atoms with Crippen molar-refractivity contribution in [2.75, 3.05) is 5.73 Å². The number of halogens is 1. The van der Waals surface area contributed by atoms with E-state index >= 15 is 0 Å². The maximum atomic E-state index is 10.4. The highest BCUT2D eigenvalue weighted by Gasteiger charge is 2.19. The topological polar surface area (TPSA) is 84.3 Å². The number of pyridine rings is 1.